The molecule has 1 nitrogen and oxygen atoms in total. The molecule has 0 saturated carbocycles. The van der Waals surface area contributed by atoms with Gasteiger partial charge in [0.2, 0.25) is 0 Å². The summed E-state index contributed by atoms with van der Waals surface area (Å²) in [6.07, 6.45) is 40.6. The van der Waals surface area contributed by atoms with Crippen molar-refractivity contribution in [2.24, 2.45) is 0 Å². The number of hydrogen-bond acceptors (Lipinski definition) is 1. The molecule has 0 aliphatic rings. The van der Waals surface area contributed by atoms with Crippen LogP contribution in [0.4, 0.5) is 0 Å². The zero-order valence-corrected chi connectivity index (χ0v) is 23.7. The molecule has 0 aromatic carbocycles. The molecule has 0 bridgehead atoms. The fraction of sp³-hybridized carbons (Fsp3) is 0.938. The Morgan fingerprint density at radius 2 is 0.576 bits per heavy atom. The van der Waals surface area contributed by atoms with Gasteiger partial charge in [-0.05, 0) is 32.1 Å². The van der Waals surface area contributed by atoms with E-state index in [4.69, 9.17) is 5.11 Å². The Morgan fingerprint density at radius 1 is 0.333 bits per heavy atom. The fourth-order valence-electron chi connectivity index (χ4n) is 4.27. The number of aliphatic hydroxyl groups excluding tert-OH is 1. The molecule has 0 fully saturated rings. The lowest BCUT2D eigenvalue weighted by Gasteiger charge is -2.01. The molecular formula is C32H66O. The van der Waals surface area contributed by atoms with Crippen LogP contribution in [0, 0.1) is 0 Å². The second kappa shape index (κ2) is 36.3. The van der Waals surface area contributed by atoms with Crippen molar-refractivity contribution in [3.63, 3.8) is 0 Å². The highest BCUT2D eigenvalue weighted by Crippen LogP contribution is 2.12. The lowest BCUT2D eigenvalue weighted by Crippen LogP contribution is -1.84. The Balaban J connectivity index is 0. The predicted molar refractivity (Wildman–Crippen MR) is 153 cm³/mol. The third kappa shape index (κ3) is 39.2. The van der Waals surface area contributed by atoms with E-state index in [1.54, 1.807) is 0 Å². The molecule has 1 N–H and O–H groups in total. The Hall–Kier alpha value is -0.300. The van der Waals surface area contributed by atoms with Crippen LogP contribution < -0.4 is 0 Å². The monoisotopic (exact) mass is 467 g/mol. The van der Waals surface area contributed by atoms with Crippen LogP contribution >= 0.6 is 0 Å². The molecule has 0 aliphatic heterocycles. The molecule has 0 unspecified atom stereocenters. The van der Waals surface area contributed by atoms with Gasteiger partial charge >= 0.3 is 0 Å². The average molecular weight is 467 g/mol. The summed E-state index contributed by atoms with van der Waals surface area (Å²) in [4.78, 5) is 0. The summed E-state index contributed by atoms with van der Waals surface area (Å²) in [5.41, 5.74) is 0. The maximum Gasteiger partial charge on any atom is 0.0431 e. The summed E-state index contributed by atoms with van der Waals surface area (Å²) in [6.45, 7) is 7.20. The molecule has 0 aromatic heterocycles. The van der Waals surface area contributed by atoms with Crippen LogP contribution in [0.2, 0.25) is 0 Å². The fourth-order valence-corrected chi connectivity index (χ4v) is 4.27. The molecule has 0 saturated heterocycles. The van der Waals surface area contributed by atoms with Gasteiger partial charge in [0.15, 0.2) is 0 Å². The van der Waals surface area contributed by atoms with Gasteiger partial charge in [-0.25, -0.2) is 0 Å². The second-order valence-electron chi connectivity index (χ2n) is 10.2. The highest BCUT2D eigenvalue weighted by Gasteiger charge is 1.92. The third-order valence-corrected chi connectivity index (χ3v) is 6.63. The standard InChI is InChI=1S/C18H36O.C14H30/c1-2-3-4-5-6-7-8-9-10-11-12-13-14-15-16-17-18-19;1-3-5-7-9-11-13-14-12-10-8-6-4-2/h7-8,19H,2-6,9-18H2,1H3;3-14H2,1-2H3/b8-7-;. The summed E-state index contributed by atoms with van der Waals surface area (Å²) in [6, 6.07) is 0. The van der Waals surface area contributed by atoms with Crippen LogP contribution in [0.3, 0.4) is 0 Å². The van der Waals surface area contributed by atoms with E-state index in [1.165, 1.54) is 161 Å². The largest absolute Gasteiger partial charge is 0.396 e. The van der Waals surface area contributed by atoms with Crippen LogP contribution in [0.5, 0.6) is 0 Å². The molecule has 0 aliphatic carbocycles. The number of hydrogen-bond donors (Lipinski definition) is 1. The summed E-state index contributed by atoms with van der Waals surface area (Å²) < 4.78 is 0. The van der Waals surface area contributed by atoms with E-state index in [9.17, 15) is 0 Å². The van der Waals surface area contributed by atoms with E-state index in [0.29, 0.717) is 6.61 Å². The molecule has 0 spiro atoms. The highest BCUT2D eigenvalue weighted by atomic mass is 16.2. The minimum atomic E-state index is 0.366. The summed E-state index contributed by atoms with van der Waals surface area (Å²) in [5, 5.41) is 8.66. The summed E-state index contributed by atoms with van der Waals surface area (Å²) in [5.74, 6) is 0. The van der Waals surface area contributed by atoms with Crippen molar-refractivity contribution < 1.29 is 5.11 Å². The van der Waals surface area contributed by atoms with Gasteiger partial charge in [-0.2, -0.15) is 0 Å². The van der Waals surface area contributed by atoms with Gasteiger partial charge in [-0.15, -0.1) is 0 Å². The average Bonchev–Trinajstić information content (AvgIpc) is 2.83. The number of unbranched alkanes of at least 4 members (excludes halogenated alkanes) is 23. The first kappa shape index (κ1) is 34.9. The van der Waals surface area contributed by atoms with E-state index in [0.717, 1.165) is 6.42 Å². The van der Waals surface area contributed by atoms with Crippen LogP contribution in [-0.2, 0) is 0 Å². The van der Waals surface area contributed by atoms with Gasteiger partial charge in [-0.1, -0.05) is 168 Å². The minimum Gasteiger partial charge on any atom is -0.396 e. The molecular weight excluding hydrogens is 400 g/mol. The molecule has 0 aromatic rings. The van der Waals surface area contributed by atoms with E-state index in [1.807, 2.05) is 0 Å². The first-order valence-corrected chi connectivity index (χ1v) is 15.6. The van der Waals surface area contributed by atoms with Crippen LogP contribution in [-0.4, -0.2) is 11.7 Å². The first-order valence-electron chi connectivity index (χ1n) is 15.6. The predicted octanol–water partition coefficient (Wildman–Crippen LogP) is 11.7. The Morgan fingerprint density at radius 3 is 0.879 bits per heavy atom. The van der Waals surface area contributed by atoms with Gasteiger partial charge in [0.1, 0.15) is 0 Å². The first-order chi connectivity index (χ1) is 16.3. The Bertz CT molecular complexity index is 310. The van der Waals surface area contributed by atoms with Crippen molar-refractivity contribution in [2.45, 2.75) is 188 Å². The molecule has 1 heteroatoms. The van der Waals surface area contributed by atoms with Crippen molar-refractivity contribution in [3.8, 4) is 0 Å². The maximum absolute atomic E-state index is 8.66. The minimum absolute atomic E-state index is 0.366. The van der Waals surface area contributed by atoms with Crippen molar-refractivity contribution in [3.05, 3.63) is 12.2 Å². The van der Waals surface area contributed by atoms with Crippen molar-refractivity contribution in [2.75, 3.05) is 6.61 Å². The molecule has 0 rings (SSSR count). The van der Waals surface area contributed by atoms with Crippen molar-refractivity contribution in [1.82, 2.24) is 0 Å². The lowest BCUT2D eigenvalue weighted by atomic mass is 10.1. The quantitative estimate of drug-likeness (QED) is 0.0992. The van der Waals surface area contributed by atoms with E-state index in [2.05, 4.69) is 32.9 Å². The van der Waals surface area contributed by atoms with Crippen molar-refractivity contribution >= 4 is 0 Å². The van der Waals surface area contributed by atoms with E-state index < -0.39 is 0 Å². The van der Waals surface area contributed by atoms with Crippen LogP contribution in [0.15, 0.2) is 12.2 Å². The van der Waals surface area contributed by atoms with Crippen LogP contribution in [0.1, 0.15) is 188 Å². The third-order valence-electron chi connectivity index (χ3n) is 6.63. The van der Waals surface area contributed by atoms with E-state index >= 15 is 0 Å². The zero-order chi connectivity index (χ0) is 24.5. The van der Waals surface area contributed by atoms with Crippen LogP contribution in [0.25, 0.3) is 0 Å². The van der Waals surface area contributed by atoms with E-state index in [-0.39, 0.29) is 0 Å². The van der Waals surface area contributed by atoms with Gasteiger partial charge in [0.05, 0.1) is 0 Å². The number of rotatable bonds is 26. The molecule has 0 amide bonds. The SMILES string of the molecule is CCCCCC/C=C\CCCCCCCCCCO.CCCCCCCCCCCCCC. The number of aliphatic hydroxyl groups is 1. The zero-order valence-electron chi connectivity index (χ0n) is 23.7. The van der Waals surface area contributed by atoms with Gasteiger partial charge in [0, 0.05) is 6.61 Å². The smallest absolute Gasteiger partial charge is 0.0431 e. The Labute approximate surface area is 211 Å². The molecule has 0 radical (unpaired) electrons. The van der Waals surface area contributed by atoms with Gasteiger partial charge < -0.3 is 5.11 Å². The molecule has 33 heavy (non-hydrogen) atoms. The highest BCUT2D eigenvalue weighted by molar-refractivity contribution is 4.81. The normalized spacial score (nSPS) is 11.2. The van der Waals surface area contributed by atoms with Gasteiger partial charge in [-0.3, -0.25) is 0 Å². The second-order valence-corrected chi connectivity index (χ2v) is 10.2. The molecule has 0 heterocycles. The molecule has 200 valence electrons. The van der Waals surface area contributed by atoms with Crippen molar-refractivity contribution in [1.29, 1.82) is 0 Å². The Kier molecular flexibility index (Phi) is 38.3. The summed E-state index contributed by atoms with van der Waals surface area (Å²) in [7, 11) is 0. The topological polar surface area (TPSA) is 20.2 Å². The van der Waals surface area contributed by atoms with Gasteiger partial charge in [0.25, 0.3) is 0 Å². The number of allylic oxidation sites excluding steroid dienone is 2. The lowest BCUT2D eigenvalue weighted by molar-refractivity contribution is 0.282. The summed E-state index contributed by atoms with van der Waals surface area (Å²) >= 11 is 0. The molecule has 0 atom stereocenters. The maximum atomic E-state index is 8.66.